The average Bonchev–Trinajstić information content (AvgIpc) is 3.28. The molecular weight excluding hydrogens is 344 g/mol. The van der Waals surface area contributed by atoms with Crippen molar-refractivity contribution < 1.29 is 9.21 Å². The van der Waals surface area contributed by atoms with Crippen molar-refractivity contribution >= 4 is 27.8 Å². The lowest BCUT2D eigenvalue weighted by Gasteiger charge is -2.22. The van der Waals surface area contributed by atoms with Crippen molar-refractivity contribution in [3.8, 4) is 0 Å². The highest BCUT2D eigenvalue weighted by Crippen LogP contribution is 2.23. The second-order valence-electron chi connectivity index (χ2n) is 7.18. The summed E-state index contributed by atoms with van der Waals surface area (Å²) in [6.45, 7) is 6.95. The lowest BCUT2D eigenvalue weighted by atomic mass is 10.1. The summed E-state index contributed by atoms with van der Waals surface area (Å²) in [5.41, 5.74) is 1.77. The number of likely N-dealkylation sites (tertiary alicyclic amines) is 1. The number of aromatic nitrogens is 2. The van der Waals surface area contributed by atoms with Gasteiger partial charge >= 0.3 is 5.63 Å². The molecule has 4 rings (SSSR count). The smallest absolute Gasteiger partial charge is 0.347 e. The molecule has 142 valence electrons. The molecule has 27 heavy (non-hydrogen) atoms. The van der Waals surface area contributed by atoms with E-state index in [1.165, 1.54) is 12.6 Å². The maximum atomic E-state index is 12.5. The minimum Gasteiger partial charge on any atom is -0.422 e. The fourth-order valence-electron chi connectivity index (χ4n) is 3.98. The number of fused-ring (bicyclic) bond motifs is 3. The Morgan fingerprint density at radius 2 is 2.22 bits per heavy atom. The zero-order valence-electron chi connectivity index (χ0n) is 15.7. The Hall–Kier alpha value is -2.67. The molecule has 0 saturated carbocycles. The second-order valence-corrected chi connectivity index (χ2v) is 7.18. The molecule has 0 bridgehead atoms. The average molecular weight is 368 g/mol. The molecular formula is C20H24N4O3. The number of hydrogen-bond donors (Lipinski definition) is 1. The first-order valence-electron chi connectivity index (χ1n) is 9.46. The van der Waals surface area contributed by atoms with E-state index in [9.17, 15) is 9.59 Å². The summed E-state index contributed by atoms with van der Waals surface area (Å²) in [4.78, 5) is 27.1. The van der Waals surface area contributed by atoms with Gasteiger partial charge in [0.15, 0.2) is 0 Å². The van der Waals surface area contributed by atoms with Gasteiger partial charge in [-0.15, -0.1) is 0 Å². The van der Waals surface area contributed by atoms with Gasteiger partial charge in [0.25, 0.3) is 0 Å². The van der Waals surface area contributed by atoms with Gasteiger partial charge in [-0.3, -0.25) is 14.4 Å². The summed E-state index contributed by atoms with van der Waals surface area (Å²) in [6.07, 6.45) is 3.77. The number of hydrogen-bond acceptors (Lipinski definition) is 5. The summed E-state index contributed by atoms with van der Waals surface area (Å²) in [5, 5.41) is 8.49. The monoisotopic (exact) mass is 368 g/mol. The maximum Gasteiger partial charge on any atom is 0.347 e. The third kappa shape index (κ3) is 3.35. The molecule has 7 nitrogen and oxygen atoms in total. The van der Waals surface area contributed by atoms with Crippen LogP contribution in [-0.4, -0.2) is 46.3 Å². The van der Waals surface area contributed by atoms with E-state index in [1.54, 1.807) is 10.7 Å². The van der Waals surface area contributed by atoms with E-state index in [4.69, 9.17) is 4.42 Å². The Morgan fingerprint density at radius 3 is 3.04 bits per heavy atom. The molecule has 1 fully saturated rings. The second kappa shape index (κ2) is 7.15. The molecule has 0 aliphatic carbocycles. The largest absolute Gasteiger partial charge is 0.422 e. The highest BCUT2D eigenvalue weighted by atomic mass is 16.4. The molecule has 2 aromatic heterocycles. The van der Waals surface area contributed by atoms with Crippen LogP contribution in [0.4, 0.5) is 0 Å². The molecule has 1 unspecified atom stereocenters. The summed E-state index contributed by atoms with van der Waals surface area (Å²) in [6, 6.07) is 6.03. The molecule has 1 aliphatic rings. The number of amides is 1. The standard InChI is InChI=1S/C20H24N4O3/c1-3-23-8-4-5-14(23)10-21-18(25)12-24-19-15-9-13(2)6-7-17(15)27-20(26)16(19)11-22-24/h6-7,9,11,14H,3-5,8,10,12H2,1-2H3,(H,21,25). The number of rotatable bonds is 5. The number of likely N-dealkylation sites (N-methyl/N-ethyl adjacent to an activating group) is 1. The normalized spacial score (nSPS) is 17.8. The van der Waals surface area contributed by atoms with Gasteiger partial charge in [-0.05, 0) is 45.0 Å². The minimum absolute atomic E-state index is 0.0782. The van der Waals surface area contributed by atoms with Crippen LogP contribution in [0, 0.1) is 6.92 Å². The topological polar surface area (TPSA) is 80.4 Å². The lowest BCUT2D eigenvalue weighted by Crippen LogP contribution is -2.41. The van der Waals surface area contributed by atoms with Crippen LogP contribution in [0.25, 0.3) is 21.9 Å². The zero-order chi connectivity index (χ0) is 19.0. The van der Waals surface area contributed by atoms with Crippen LogP contribution in [-0.2, 0) is 11.3 Å². The summed E-state index contributed by atoms with van der Waals surface area (Å²) >= 11 is 0. The van der Waals surface area contributed by atoms with Crippen LogP contribution in [0.15, 0.2) is 33.6 Å². The number of nitrogens with one attached hydrogen (secondary N) is 1. The first-order chi connectivity index (χ1) is 13.1. The van der Waals surface area contributed by atoms with Gasteiger partial charge < -0.3 is 9.73 Å². The maximum absolute atomic E-state index is 12.5. The summed E-state index contributed by atoms with van der Waals surface area (Å²) in [7, 11) is 0. The Bertz CT molecular complexity index is 1050. The van der Waals surface area contributed by atoms with Gasteiger partial charge in [0, 0.05) is 18.0 Å². The summed E-state index contributed by atoms with van der Waals surface area (Å²) in [5.74, 6) is -0.100. The first kappa shape index (κ1) is 17.7. The molecule has 1 atom stereocenters. The van der Waals surface area contributed by atoms with E-state index in [1.807, 2.05) is 19.1 Å². The first-order valence-corrected chi connectivity index (χ1v) is 9.46. The predicted octanol–water partition coefficient (Wildman–Crippen LogP) is 2.05. The van der Waals surface area contributed by atoms with Gasteiger partial charge in [0.1, 0.15) is 17.5 Å². The van der Waals surface area contributed by atoms with Crippen LogP contribution in [0.3, 0.4) is 0 Å². The van der Waals surface area contributed by atoms with Crippen molar-refractivity contribution in [2.75, 3.05) is 19.6 Å². The Morgan fingerprint density at radius 1 is 1.37 bits per heavy atom. The van der Waals surface area contributed by atoms with Gasteiger partial charge in [-0.25, -0.2) is 4.79 Å². The quantitative estimate of drug-likeness (QED) is 0.697. The van der Waals surface area contributed by atoms with E-state index >= 15 is 0 Å². The van der Waals surface area contributed by atoms with E-state index in [0.29, 0.717) is 29.1 Å². The third-order valence-electron chi connectivity index (χ3n) is 5.39. The number of benzene rings is 1. The predicted molar refractivity (Wildman–Crippen MR) is 104 cm³/mol. The number of carbonyl (C=O) groups is 1. The number of nitrogens with zero attached hydrogens (tertiary/aromatic N) is 3. The van der Waals surface area contributed by atoms with Gasteiger partial charge in [-0.2, -0.15) is 5.10 Å². The van der Waals surface area contributed by atoms with Crippen LogP contribution < -0.4 is 10.9 Å². The summed E-state index contributed by atoms with van der Waals surface area (Å²) < 4.78 is 6.97. The zero-order valence-corrected chi connectivity index (χ0v) is 15.7. The molecule has 1 saturated heterocycles. The van der Waals surface area contributed by atoms with E-state index in [-0.39, 0.29) is 12.5 Å². The van der Waals surface area contributed by atoms with Crippen molar-refractivity contribution in [2.24, 2.45) is 0 Å². The van der Waals surface area contributed by atoms with Gasteiger partial charge in [0.05, 0.1) is 11.7 Å². The van der Waals surface area contributed by atoms with E-state index in [2.05, 4.69) is 22.2 Å². The van der Waals surface area contributed by atoms with Crippen molar-refractivity contribution in [1.82, 2.24) is 20.0 Å². The fraction of sp³-hybridized carbons (Fsp3) is 0.450. The van der Waals surface area contributed by atoms with Crippen molar-refractivity contribution in [2.45, 2.75) is 39.3 Å². The van der Waals surface area contributed by atoms with Crippen LogP contribution in [0.5, 0.6) is 0 Å². The Balaban J connectivity index is 1.58. The molecule has 3 aromatic rings. The highest BCUT2D eigenvalue weighted by molar-refractivity contribution is 6.02. The number of aryl methyl sites for hydroxylation is 1. The molecule has 1 amide bonds. The van der Waals surface area contributed by atoms with Crippen LogP contribution in [0.2, 0.25) is 0 Å². The molecule has 7 heteroatoms. The SMILES string of the molecule is CCN1CCCC1CNC(=O)Cn1ncc2c(=O)oc3ccc(C)cc3c21. The Kier molecular flexibility index (Phi) is 4.70. The molecule has 1 aromatic carbocycles. The van der Waals surface area contributed by atoms with Gasteiger partial charge in [0.2, 0.25) is 5.91 Å². The highest BCUT2D eigenvalue weighted by Gasteiger charge is 2.23. The third-order valence-corrected chi connectivity index (χ3v) is 5.39. The minimum atomic E-state index is -0.433. The van der Waals surface area contributed by atoms with E-state index in [0.717, 1.165) is 30.5 Å². The fourth-order valence-corrected chi connectivity index (χ4v) is 3.98. The Labute approximate surface area is 156 Å². The number of carbonyl (C=O) groups excluding carboxylic acids is 1. The van der Waals surface area contributed by atoms with Crippen molar-refractivity contribution in [3.63, 3.8) is 0 Å². The van der Waals surface area contributed by atoms with Crippen LogP contribution >= 0.6 is 0 Å². The van der Waals surface area contributed by atoms with Crippen LogP contribution in [0.1, 0.15) is 25.3 Å². The molecule has 1 N–H and O–H groups in total. The molecule has 1 aliphatic heterocycles. The molecule has 0 spiro atoms. The van der Waals surface area contributed by atoms with Crippen molar-refractivity contribution in [1.29, 1.82) is 0 Å². The van der Waals surface area contributed by atoms with E-state index < -0.39 is 5.63 Å². The molecule has 3 heterocycles. The molecule has 0 radical (unpaired) electrons. The lowest BCUT2D eigenvalue weighted by molar-refractivity contribution is -0.122. The van der Waals surface area contributed by atoms with Gasteiger partial charge in [-0.1, -0.05) is 18.6 Å². The van der Waals surface area contributed by atoms with Crippen molar-refractivity contribution in [3.05, 3.63) is 40.4 Å².